The molecule has 0 saturated heterocycles. The first-order valence-electron chi connectivity index (χ1n) is 8.01. The fourth-order valence-electron chi connectivity index (χ4n) is 3.00. The van der Waals surface area contributed by atoms with Crippen LogP contribution in [-0.2, 0) is 6.54 Å². The molecule has 25 heavy (non-hydrogen) atoms. The molecule has 1 N–H and O–H groups in total. The van der Waals surface area contributed by atoms with E-state index in [0.717, 1.165) is 35.0 Å². The van der Waals surface area contributed by atoms with Crippen molar-refractivity contribution in [2.24, 2.45) is 0 Å². The van der Waals surface area contributed by atoms with Crippen molar-refractivity contribution in [3.8, 4) is 0 Å². The molecule has 1 aliphatic heterocycles. The van der Waals surface area contributed by atoms with E-state index in [2.05, 4.69) is 20.2 Å². The van der Waals surface area contributed by atoms with Gasteiger partial charge in [-0.1, -0.05) is 23.2 Å². The predicted molar refractivity (Wildman–Crippen MR) is 103 cm³/mol. The highest BCUT2D eigenvalue weighted by molar-refractivity contribution is 6.36. The zero-order valence-corrected chi connectivity index (χ0v) is 16.2. The molecule has 2 heterocycles. The van der Waals surface area contributed by atoms with Crippen molar-refractivity contribution in [1.29, 1.82) is 0 Å². The second-order valence-corrected chi connectivity index (χ2v) is 7.23. The topological polar surface area (TPSA) is 44.3 Å². The zero-order valence-electron chi connectivity index (χ0n) is 14.7. The monoisotopic (exact) mass is 377 g/mol. The smallest absolute Gasteiger partial charge is 0.138 e. The first-order chi connectivity index (χ1) is 11.8. The Kier molecular flexibility index (Phi) is 5.18. The fourth-order valence-corrected chi connectivity index (χ4v) is 3.73. The molecular weight excluding hydrogens is 357 g/mol. The van der Waals surface area contributed by atoms with Crippen molar-refractivity contribution >= 4 is 29.0 Å². The maximum atomic E-state index is 6.58. The Labute approximate surface area is 158 Å². The maximum Gasteiger partial charge on any atom is 0.138 e. The summed E-state index contributed by atoms with van der Waals surface area (Å²) >= 11 is 13.2. The minimum atomic E-state index is -0.206. The van der Waals surface area contributed by atoms with E-state index in [1.807, 2.05) is 63.4 Å². The molecule has 0 radical (unpaired) electrons. The van der Waals surface area contributed by atoms with Crippen molar-refractivity contribution in [3.05, 3.63) is 63.3 Å². The quantitative estimate of drug-likeness (QED) is 0.870. The SMILES string of the molecule is Cc1cc(N2C=CNC2c2c(Cl)cc(CN(C)C)cc2Cl)nc(C)n1. The van der Waals surface area contributed by atoms with Gasteiger partial charge in [-0.25, -0.2) is 9.97 Å². The third-order valence-corrected chi connectivity index (χ3v) is 4.52. The number of aromatic nitrogens is 2. The molecular formula is C18H21Cl2N5. The molecule has 7 heteroatoms. The average molecular weight is 378 g/mol. The number of anilines is 1. The molecule has 0 bridgehead atoms. The van der Waals surface area contributed by atoms with E-state index in [1.165, 1.54) is 0 Å². The highest BCUT2D eigenvalue weighted by atomic mass is 35.5. The number of benzene rings is 1. The number of halogens is 2. The second kappa shape index (κ2) is 7.20. The van der Waals surface area contributed by atoms with Gasteiger partial charge in [0.25, 0.3) is 0 Å². The van der Waals surface area contributed by atoms with Crippen LogP contribution in [0.3, 0.4) is 0 Å². The summed E-state index contributed by atoms with van der Waals surface area (Å²) in [6, 6.07) is 5.88. The minimum absolute atomic E-state index is 0.206. The molecule has 0 saturated carbocycles. The molecule has 2 aromatic rings. The summed E-state index contributed by atoms with van der Waals surface area (Å²) in [5.41, 5.74) is 2.83. The number of hydrogen-bond acceptors (Lipinski definition) is 5. The van der Waals surface area contributed by atoms with E-state index in [-0.39, 0.29) is 6.17 Å². The first kappa shape index (κ1) is 18.0. The lowest BCUT2D eigenvalue weighted by atomic mass is 10.1. The Morgan fingerprint density at radius 3 is 2.40 bits per heavy atom. The molecule has 1 atom stereocenters. The number of nitrogens with zero attached hydrogens (tertiary/aromatic N) is 4. The van der Waals surface area contributed by atoms with Gasteiger partial charge in [-0.15, -0.1) is 0 Å². The van der Waals surface area contributed by atoms with Crippen LogP contribution in [0.25, 0.3) is 0 Å². The largest absolute Gasteiger partial charge is 0.366 e. The highest BCUT2D eigenvalue weighted by Gasteiger charge is 2.28. The molecule has 0 amide bonds. The van der Waals surface area contributed by atoms with Gasteiger partial charge in [-0.3, -0.25) is 0 Å². The summed E-state index contributed by atoms with van der Waals surface area (Å²) in [5, 5.41) is 4.58. The number of hydrogen-bond donors (Lipinski definition) is 1. The molecule has 1 unspecified atom stereocenters. The standard InChI is InChI=1S/C18H21Cl2N5/c1-11-7-16(23-12(2)22-11)25-6-5-21-18(25)17-14(19)8-13(9-15(17)20)10-24(3)4/h5-9,18,21H,10H2,1-4H3. The van der Waals surface area contributed by atoms with E-state index in [1.54, 1.807) is 0 Å². The van der Waals surface area contributed by atoms with Crippen molar-refractivity contribution in [3.63, 3.8) is 0 Å². The van der Waals surface area contributed by atoms with Crippen molar-refractivity contribution in [1.82, 2.24) is 20.2 Å². The number of nitrogens with one attached hydrogen (secondary N) is 1. The van der Waals surface area contributed by atoms with Crippen LogP contribution in [0.15, 0.2) is 30.6 Å². The zero-order chi connectivity index (χ0) is 18.1. The lowest BCUT2D eigenvalue weighted by Crippen LogP contribution is -2.28. The van der Waals surface area contributed by atoms with Gasteiger partial charge < -0.3 is 15.1 Å². The molecule has 1 aliphatic rings. The predicted octanol–water partition coefficient (Wildman–Crippen LogP) is 4.04. The van der Waals surface area contributed by atoms with E-state index < -0.39 is 0 Å². The van der Waals surface area contributed by atoms with Crippen molar-refractivity contribution < 1.29 is 0 Å². The lowest BCUT2D eigenvalue weighted by molar-refractivity contribution is 0.402. The van der Waals surface area contributed by atoms with Gasteiger partial charge in [0.1, 0.15) is 17.8 Å². The second-order valence-electron chi connectivity index (χ2n) is 6.42. The summed E-state index contributed by atoms with van der Waals surface area (Å²) in [6.07, 6.45) is 3.60. The molecule has 1 aromatic heterocycles. The van der Waals surface area contributed by atoms with E-state index in [0.29, 0.717) is 10.0 Å². The van der Waals surface area contributed by atoms with E-state index in [4.69, 9.17) is 23.2 Å². The summed E-state index contributed by atoms with van der Waals surface area (Å²) in [7, 11) is 4.03. The van der Waals surface area contributed by atoms with Gasteiger partial charge in [0.15, 0.2) is 0 Å². The minimum Gasteiger partial charge on any atom is -0.366 e. The molecule has 5 nitrogen and oxygen atoms in total. The Morgan fingerprint density at radius 2 is 1.80 bits per heavy atom. The van der Waals surface area contributed by atoms with Crippen molar-refractivity contribution in [2.45, 2.75) is 26.6 Å². The molecule has 132 valence electrons. The number of rotatable bonds is 4. The third kappa shape index (κ3) is 3.89. The summed E-state index contributed by atoms with van der Waals surface area (Å²) in [5.74, 6) is 1.54. The number of aryl methyl sites for hydroxylation is 2. The normalized spacial score (nSPS) is 16.6. The summed E-state index contributed by atoms with van der Waals surface area (Å²) < 4.78 is 0. The molecule has 3 rings (SSSR count). The van der Waals surface area contributed by atoms with E-state index >= 15 is 0 Å². The van der Waals surface area contributed by atoms with Crippen LogP contribution in [0, 0.1) is 13.8 Å². The van der Waals surface area contributed by atoms with Gasteiger partial charge in [0.2, 0.25) is 0 Å². The molecule has 0 spiro atoms. The van der Waals surface area contributed by atoms with Gasteiger partial charge in [-0.05, 0) is 45.6 Å². The van der Waals surface area contributed by atoms with Crippen LogP contribution in [0.4, 0.5) is 5.82 Å². The van der Waals surface area contributed by atoms with Gasteiger partial charge in [0.05, 0.1) is 0 Å². The van der Waals surface area contributed by atoms with Gasteiger partial charge >= 0.3 is 0 Å². The Morgan fingerprint density at radius 1 is 1.12 bits per heavy atom. The summed E-state index contributed by atoms with van der Waals surface area (Å²) in [4.78, 5) is 13.0. The maximum absolute atomic E-state index is 6.58. The van der Waals surface area contributed by atoms with Crippen LogP contribution < -0.4 is 10.2 Å². The van der Waals surface area contributed by atoms with Crippen LogP contribution in [-0.4, -0.2) is 29.0 Å². The van der Waals surface area contributed by atoms with Gasteiger partial charge in [0, 0.05) is 46.3 Å². The van der Waals surface area contributed by atoms with Crippen LogP contribution in [0.2, 0.25) is 10.0 Å². The first-order valence-corrected chi connectivity index (χ1v) is 8.76. The fraction of sp³-hybridized carbons (Fsp3) is 0.333. The highest BCUT2D eigenvalue weighted by Crippen LogP contribution is 2.37. The Balaban J connectivity index is 1.98. The van der Waals surface area contributed by atoms with Crippen LogP contribution in [0.5, 0.6) is 0 Å². The third-order valence-electron chi connectivity index (χ3n) is 3.90. The summed E-state index contributed by atoms with van der Waals surface area (Å²) in [6.45, 7) is 4.62. The molecule has 0 aliphatic carbocycles. The van der Waals surface area contributed by atoms with Gasteiger partial charge in [-0.2, -0.15) is 0 Å². The Bertz CT molecular complexity index is 776. The van der Waals surface area contributed by atoms with Crippen LogP contribution >= 0.6 is 23.2 Å². The lowest BCUT2D eigenvalue weighted by Gasteiger charge is -2.27. The Hall–Kier alpha value is -1.82. The van der Waals surface area contributed by atoms with Crippen LogP contribution in [0.1, 0.15) is 28.8 Å². The van der Waals surface area contributed by atoms with Crippen molar-refractivity contribution in [2.75, 3.05) is 19.0 Å². The molecule has 1 aromatic carbocycles. The van der Waals surface area contributed by atoms with E-state index in [9.17, 15) is 0 Å². The average Bonchev–Trinajstić information content (AvgIpc) is 2.93. The molecule has 0 fully saturated rings.